The lowest BCUT2D eigenvalue weighted by Crippen LogP contribution is -2.47. The molecule has 0 bridgehead atoms. The molecular formula is C22H22ClN3O4. The molecular weight excluding hydrogens is 406 g/mol. The third-order valence-corrected chi connectivity index (χ3v) is 5.44. The van der Waals surface area contributed by atoms with Crippen molar-refractivity contribution in [3.63, 3.8) is 0 Å². The number of esters is 1. The van der Waals surface area contributed by atoms with E-state index in [1.807, 2.05) is 55.3 Å². The Balaban J connectivity index is 1.67. The summed E-state index contributed by atoms with van der Waals surface area (Å²) in [5, 5.41) is 3.96. The number of halogens is 1. The largest absolute Gasteiger partial charge is 0.466 e. The van der Waals surface area contributed by atoms with Crippen LogP contribution in [-0.4, -0.2) is 37.8 Å². The summed E-state index contributed by atoms with van der Waals surface area (Å²) >= 11 is 6.19. The Morgan fingerprint density at radius 3 is 2.83 bits per heavy atom. The monoisotopic (exact) mass is 427 g/mol. The van der Waals surface area contributed by atoms with E-state index in [0.29, 0.717) is 23.1 Å². The number of methoxy groups -OCH3 is 1. The van der Waals surface area contributed by atoms with E-state index in [1.165, 1.54) is 7.11 Å². The number of hydrogen-bond donors (Lipinski definition) is 1. The molecule has 1 atom stereocenters. The molecule has 4 rings (SSSR count). The van der Waals surface area contributed by atoms with Crippen LogP contribution >= 0.6 is 11.6 Å². The van der Waals surface area contributed by atoms with Crippen LogP contribution < -0.4 is 14.8 Å². The van der Waals surface area contributed by atoms with E-state index in [2.05, 4.69) is 5.32 Å². The van der Waals surface area contributed by atoms with Crippen LogP contribution in [0.3, 0.4) is 0 Å². The van der Waals surface area contributed by atoms with Crippen molar-refractivity contribution in [1.82, 2.24) is 10.2 Å². The molecule has 0 amide bonds. The average molecular weight is 428 g/mol. The molecule has 0 aromatic heterocycles. The zero-order valence-corrected chi connectivity index (χ0v) is 17.7. The van der Waals surface area contributed by atoms with E-state index in [9.17, 15) is 4.79 Å². The van der Waals surface area contributed by atoms with Gasteiger partial charge in [0.15, 0.2) is 17.5 Å². The minimum absolute atomic E-state index is 0.235. The summed E-state index contributed by atoms with van der Waals surface area (Å²) in [6.07, 6.45) is 0. The molecule has 7 nitrogen and oxygen atoms in total. The molecule has 0 fully saturated rings. The maximum Gasteiger partial charge on any atom is 0.337 e. The Bertz CT molecular complexity index is 1050. The zero-order valence-electron chi connectivity index (χ0n) is 16.9. The highest BCUT2D eigenvalue weighted by atomic mass is 35.5. The fourth-order valence-electron chi connectivity index (χ4n) is 3.52. The number of guanidine groups is 1. The SMILES string of the molecule is COC(=O)C1=C(C)N(C)C(=NCc2ccc3c(c2)OCO3)NC1c1cccc(Cl)c1. The highest BCUT2D eigenvalue weighted by Crippen LogP contribution is 2.34. The first-order valence-electron chi connectivity index (χ1n) is 9.45. The minimum atomic E-state index is -0.428. The van der Waals surface area contributed by atoms with Crippen molar-refractivity contribution in [3.8, 4) is 11.5 Å². The smallest absolute Gasteiger partial charge is 0.337 e. The van der Waals surface area contributed by atoms with Gasteiger partial charge in [-0.3, -0.25) is 0 Å². The molecule has 0 spiro atoms. The molecule has 156 valence electrons. The quantitative estimate of drug-likeness (QED) is 0.751. The van der Waals surface area contributed by atoms with Crippen LogP contribution in [0.4, 0.5) is 0 Å². The van der Waals surface area contributed by atoms with E-state index in [4.69, 9.17) is 30.8 Å². The van der Waals surface area contributed by atoms with Crippen LogP contribution in [0, 0.1) is 0 Å². The number of rotatable bonds is 4. The third-order valence-electron chi connectivity index (χ3n) is 5.21. The number of benzene rings is 2. The van der Waals surface area contributed by atoms with Crippen LogP contribution in [0.5, 0.6) is 11.5 Å². The van der Waals surface area contributed by atoms with Gasteiger partial charge < -0.3 is 24.4 Å². The number of carbonyl (C=O) groups excluding carboxylic acids is 1. The van der Waals surface area contributed by atoms with E-state index in [0.717, 1.165) is 28.3 Å². The Morgan fingerprint density at radius 1 is 1.27 bits per heavy atom. The van der Waals surface area contributed by atoms with E-state index in [-0.39, 0.29) is 6.79 Å². The van der Waals surface area contributed by atoms with Gasteiger partial charge in [-0.2, -0.15) is 0 Å². The van der Waals surface area contributed by atoms with Gasteiger partial charge in [-0.25, -0.2) is 9.79 Å². The van der Waals surface area contributed by atoms with Crippen molar-refractivity contribution >= 4 is 23.5 Å². The summed E-state index contributed by atoms with van der Waals surface area (Å²) in [5.74, 6) is 1.70. The maximum atomic E-state index is 12.5. The molecule has 1 unspecified atom stereocenters. The Labute approximate surface area is 179 Å². The summed E-state index contributed by atoms with van der Waals surface area (Å²) in [6.45, 7) is 2.55. The second-order valence-corrected chi connectivity index (χ2v) is 7.45. The molecule has 8 heteroatoms. The van der Waals surface area contributed by atoms with Gasteiger partial charge in [0.05, 0.1) is 25.3 Å². The molecule has 2 heterocycles. The van der Waals surface area contributed by atoms with Crippen LogP contribution in [0.2, 0.25) is 5.02 Å². The fraction of sp³-hybridized carbons (Fsp3) is 0.273. The average Bonchev–Trinajstić information content (AvgIpc) is 3.22. The summed E-state index contributed by atoms with van der Waals surface area (Å²) in [6, 6.07) is 12.7. The number of carbonyl (C=O) groups is 1. The predicted molar refractivity (Wildman–Crippen MR) is 114 cm³/mol. The van der Waals surface area contributed by atoms with Gasteiger partial charge in [-0.05, 0) is 42.3 Å². The maximum absolute atomic E-state index is 12.5. The Hall–Kier alpha value is -3.19. The molecule has 2 aliphatic rings. The molecule has 2 aromatic carbocycles. The third kappa shape index (κ3) is 3.80. The zero-order chi connectivity index (χ0) is 21.3. The highest BCUT2D eigenvalue weighted by Gasteiger charge is 2.33. The molecule has 0 saturated carbocycles. The normalized spacial score (nSPS) is 19.1. The van der Waals surface area contributed by atoms with Crippen molar-refractivity contribution in [2.75, 3.05) is 21.0 Å². The van der Waals surface area contributed by atoms with Crippen LogP contribution in [0.25, 0.3) is 0 Å². The van der Waals surface area contributed by atoms with Gasteiger partial charge in [0.1, 0.15) is 0 Å². The summed E-state index contributed by atoms with van der Waals surface area (Å²) < 4.78 is 15.8. The molecule has 0 aliphatic carbocycles. The lowest BCUT2D eigenvalue weighted by molar-refractivity contribution is -0.136. The van der Waals surface area contributed by atoms with Gasteiger partial charge in [0.2, 0.25) is 6.79 Å². The molecule has 2 aliphatic heterocycles. The first kappa shape index (κ1) is 20.1. The topological polar surface area (TPSA) is 72.4 Å². The Morgan fingerprint density at radius 2 is 2.07 bits per heavy atom. The van der Waals surface area contributed by atoms with Gasteiger partial charge in [0.25, 0.3) is 0 Å². The second kappa shape index (κ2) is 8.28. The van der Waals surface area contributed by atoms with Crippen molar-refractivity contribution < 1.29 is 19.0 Å². The van der Waals surface area contributed by atoms with Crippen LogP contribution in [0.15, 0.2) is 58.7 Å². The molecule has 1 N–H and O–H groups in total. The van der Waals surface area contributed by atoms with Crippen molar-refractivity contribution in [2.45, 2.75) is 19.5 Å². The summed E-state index contributed by atoms with van der Waals surface area (Å²) in [5.41, 5.74) is 3.12. The predicted octanol–water partition coefficient (Wildman–Crippen LogP) is 3.65. The second-order valence-electron chi connectivity index (χ2n) is 7.01. The van der Waals surface area contributed by atoms with Gasteiger partial charge in [-0.1, -0.05) is 29.8 Å². The number of hydrogen-bond acceptors (Lipinski definition) is 5. The number of nitrogens with zero attached hydrogens (tertiary/aromatic N) is 2. The fourth-order valence-corrected chi connectivity index (χ4v) is 3.71. The number of fused-ring (bicyclic) bond motifs is 1. The lowest BCUT2D eigenvalue weighted by Gasteiger charge is -2.36. The van der Waals surface area contributed by atoms with Crippen LogP contribution in [0.1, 0.15) is 24.1 Å². The van der Waals surface area contributed by atoms with Gasteiger partial charge >= 0.3 is 5.97 Å². The number of aliphatic imine (C=N–C) groups is 1. The number of ether oxygens (including phenoxy) is 3. The van der Waals surface area contributed by atoms with E-state index < -0.39 is 12.0 Å². The highest BCUT2D eigenvalue weighted by molar-refractivity contribution is 6.30. The van der Waals surface area contributed by atoms with Gasteiger partial charge in [-0.15, -0.1) is 0 Å². The van der Waals surface area contributed by atoms with Crippen molar-refractivity contribution in [2.24, 2.45) is 4.99 Å². The summed E-state index contributed by atoms with van der Waals surface area (Å²) in [4.78, 5) is 19.1. The molecule has 2 aromatic rings. The van der Waals surface area contributed by atoms with Gasteiger partial charge in [0, 0.05) is 17.8 Å². The molecule has 0 saturated heterocycles. The first-order valence-corrected chi connectivity index (χ1v) is 9.83. The van der Waals surface area contributed by atoms with Crippen molar-refractivity contribution in [1.29, 1.82) is 0 Å². The summed E-state index contributed by atoms with van der Waals surface area (Å²) in [7, 11) is 3.23. The first-order chi connectivity index (χ1) is 14.5. The number of nitrogens with one attached hydrogen (secondary N) is 1. The standard InChI is InChI=1S/C22H22ClN3O4/c1-13-19(21(27)28-3)20(15-5-4-6-16(23)10-15)25-22(26(13)2)24-11-14-7-8-17-18(9-14)30-12-29-17/h4-10,20H,11-12H2,1-3H3,(H,24,25). The Kier molecular flexibility index (Phi) is 5.55. The minimum Gasteiger partial charge on any atom is -0.466 e. The molecule has 0 radical (unpaired) electrons. The van der Waals surface area contributed by atoms with Crippen LogP contribution in [-0.2, 0) is 16.1 Å². The lowest BCUT2D eigenvalue weighted by atomic mass is 9.95. The van der Waals surface area contributed by atoms with E-state index >= 15 is 0 Å². The number of allylic oxidation sites excluding steroid dienone is 1. The van der Waals surface area contributed by atoms with E-state index in [1.54, 1.807) is 6.07 Å². The molecule has 30 heavy (non-hydrogen) atoms. The van der Waals surface area contributed by atoms with Crippen molar-refractivity contribution in [3.05, 3.63) is 69.9 Å².